The molecule has 0 radical (unpaired) electrons. The summed E-state index contributed by atoms with van der Waals surface area (Å²) in [7, 11) is 0. The van der Waals surface area contributed by atoms with Crippen LogP contribution >= 0.6 is 0 Å². The largest absolute Gasteiger partial charge is 0.394 e. The van der Waals surface area contributed by atoms with Gasteiger partial charge in [-0.05, 0) is 110 Å². The van der Waals surface area contributed by atoms with Crippen LogP contribution in [0.5, 0.6) is 0 Å². The van der Waals surface area contributed by atoms with E-state index in [0.29, 0.717) is 28.6 Å². The average molecular weight is 589 g/mol. The van der Waals surface area contributed by atoms with Crippen molar-refractivity contribution in [2.75, 3.05) is 6.61 Å². The van der Waals surface area contributed by atoms with Gasteiger partial charge in [0.1, 0.15) is 24.4 Å². The summed E-state index contributed by atoms with van der Waals surface area (Å²) in [6.07, 6.45) is 11.9. The third-order valence-corrected chi connectivity index (χ3v) is 13.1. The Morgan fingerprint density at radius 2 is 1.74 bits per heavy atom. The molecule has 1 heterocycles. The molecular formula is C36H60O6. The first kappa shape index (κ1) is 32.6. The van der Waals surface area contributed by atoms with Crippen LogP contribution < -0.4 is 0 Å². The van der Waals surface area contributed by atoms with Crippen molar-refractivity contribution >= 4 is 0 Å². The van der Waals surface area contributed by atoms with Crippen LogP contribution in [0.3, 0.4) is 0 Å². The van der Waals surface area contributed by atoms with E-state index in [9.17, 15) is 20.4 Å². The quantitative estimate of drug-likeness (QED) is 0.272. The number of rotatable bonds is 7. The Morgan fingerprint density at radius 3 is 2.40 bits per heavy atom. The zero-order chi connectivity index (χ0) is 30.6. The maximum Gasteiger partial charge on any atom is 0.186 e. The highest BCUT2D eigenvalue weighted by Crippen LogP contribution is 2.67. The summed E-state index contributed by atoms with van der Waals surface area (Å²) >= 11 is 0. The minimum Gasteiger partial charge on any atom is -0.394 e. The Hall–Kier alpha value is -0.760. The third-order valence-electron chi connectivity index (χ3n) is 13.1. The zero-order valence-electron chi connectivity index (χ0n) is 27.3. The van der Waals surface area contributed by atoms with E-state index in [-0.39, 0.29) is 11.5 Å². The molecule has 3 saturated carbocycles. The highest BCUT2D eigenvalue weighted by atomic mass is 16.7. The number of aliphatic hydroxyl groups is 4. The predicted octanol–water partition coefficient (Wildman–Crippen LogP) is 6.02. The molecule has 0 unspecified atom stereocenters. The van der Waals surface area contributed by atoms with Crippen molar-refractivity contribution in [1.29, 1.82) is 0 Å². The minimum absolute atomic E-state index is 0.111. The predicted molar refractivity (Wildman–Crippen MR) is 165 cm³/mol. The third kappa shape index (κ3) is 5.71. The summed E-state index contributed by atoms with van der Waals surface area (Å²) in [5.74, 6) is 4.26. The maximum atomic E-state index is 10.5. The van der Waals surface area contributed by atoms with Crippen LogP contribution in [0.1, 0.15) is 106 Å². The van der Waals surface area contributed by atoms with Crippen molar-refractivity contribution in [3.63, 3.8) is 0 Å². The molecule has 42 heavy (non-hydrogen) atoms. The summed E-state index contributed by atoms with van der Waals surface area (Å²) in [4.78, 5) is 0. The summed E-state index contributed by atoms with van der Waals surface area (Å²) < 4.78 is 11.9. The van der Waals surface area contributed by atoms with E-state index < -0.39 is 37.3 Å². The fraction of sp³-hybridized carbons (Fsp3) is 0.889. The van der Waals surface area contributed by atoms with Gasteiger partial charge in [0.2, 0.25) is 0 Å². The molecule has 4 aliphatic carbocycles. The molecule has 0 aromatic heterocycles. The first-order valence-electron chi connectivity index (χ1n) is 17.1. The Morgan fingerprint density at radius 1 is 1.00 bits per heavy atom. The average Bonchev–Trinajstić information content (AvgIpc) is 3.30. The normalized spacial score (nSPS) is 47.4. The van der Waals surface area contributed by atoms with Crippen LogP contribution in [0.15, 0.2) is 23.8 Å². The van der Waals surface area contributed by atoms with Crippen LogP contribution in [0, 0.1) is 51.8 Å². The van der Waals surface area contributed by atoms with Gasteiger partial charge in [-0.2, -0.15) is 0 Å². The number of hydrogen-bond donors (Lipinski definition) is 4. The van der Waals surface area contributed by atoms with Crippen LogP contribution in [-0.4, -0.2) is 63.8 Å². The number of hydrogen-bond acceptors (Lipinski definition) is 6. The minimum atomic E-state index is -1.40. The fourth-order valence-corrected chi connectivity index (χ4v) is 10.5. The lowest BCUT2D eigenvalue weighted by Crippen LogP contribution is -2.60. The molecule has 0 spiro atoms. The molecule has 6 nitrogen and oxygen atoms in total. The second-order valence-corrected chi connectivity index (χ2v) is 16.3. The lowest BCUT2D eigenvalue weighted by atomic mass is 9.47. The molecule has 1 aliphatic heterocycles. The van der Waals surface area contributed by atoms with Gasteiger partial charge in [0.25, 0.3) is 0 Å². The van der Waals surface area contributed by atoms with Crippen molar-refractivity contribution in [2.45, 2.75) is 143 Å². The SMILES string of the molecule is CC[C@H](/C=C/[C@H](C)[C@H]1CC[C@H]2[C@@H]3CC=C4C[C@@H](O[C@@H]5O[C@H](CO)[C@@H](O)[C@H](O)[C@H]5O)CC[C@]4(C)[C@H]3CC[C@]12C)C(C)(C)C. The smallest absolute Gasteiger partial charge is 0.186 e. The number of allylic oxidation sites excluding steroid dienone is 3. The molecular weight excluding hydrogens is 528 g/mol. The van der Waals surface area contributed by atoms with Crippen LogP contribution in [0.25, 0.3) is 0 Å². The summed E-state index contributed by atoms with van der Waals surface area (Å²) in [5, 5.41) is 40.4. The van der Waals surface area contributed by atoms with Gasteiger partial charge >= 0.3 is 0 Å². The number of ether oxygens (including phenoxy) is 2. The molecule has 0 bridgehead atoms. The van der Waals surface area contributed by atoms with Crippen molar-refractivity contribution in [1.82, 2.24) is 0 Å². The molecule has 0 aromatic rings. The molecule has 4 fully saturated rings. The van der Waals surface area contributed by atoms with Crippen molar-refractivity contribution in [2.24, 2.45) is 51.8 Å². The Balaban J connectivity index is 1.26. The van der Waals surface area contributed by atoms with Crippen LogP contribution in [0.4, 0.5) is 0 Å². The number of fused-ring (bicyclic) bond motifs is 5. The van der Waals surface area contributed by atoms with E-state index in [1.54, 1.807) is 0 Å². The highest BCUT2D eigenvalue weighted by molar-refractivity contribution is 5.25. The van der Waals surface area contributed by atoms with E-state index >= 15 is 0 Å². The summed E-state index contributed by atoms with van der Waals surface area (Å²) in [6.45, 7) is 16.6. The Kier molecular flexibility index (Phi) is 9.48. The molecule has 240 valence electrons. The zero-order valence-corrected chi connectivity index (χ0v) is 27.3. The highest BCUT2D eigenvalue weighted by Gasteiger charge is 2.59. The monoisotopic (exact) mass is 588 g/mol. The van der Waals surface area contributed by atoms with E-state index in [1.165, 1.54) is 37.7 Å². The molecule has 4 N–H and O–H groups in total. The fourth-order valence-electron chi connectivity index (χ4n) is 10.5. The molecule has 5 aliphatic rings. The van der Waals surface area contributed by atoms with Crippen molar-refractivity contribution < 1.29 is 29.9 Å². The van der Waals surface area contributed by atoms with Crippen molar-refractivity contribution in [3.8, 4) is 0 Å². The van der Waals surface area contributed by atoms with Gasteiger partial charge in [0.05, 0.1) is 12.7 Å². The molecule has 5 rings (SSSR count). The number of aliphatic hydroxyl groups excluding tert-OH is 4. The van der Waals surface area contributed by atoms with Gasteiger partial charge in [0, 0.05) is 0 Å². The second kappa shape index (κ2) is 12.2. The second-order valence-electron chi connectivity index (χ2n) is 16.3. The summed E-state index contributed by atoms with van der Waals surface area (Å²) in [6, 6.07) is 0. The van der Waals surface area contributed by atoms with Crippen molar-refractivity contribution in [3.05, 3.63) is 23.8 Å². The van der Waals surface area contributed by atoms with Gasteiger partial charge in [-0.15, -0.1) is 0 Å². The van der Waals surface area contributed by atoms with Gasteiger partial charge in [0.15, 0.2) is 6.29 Å². The van der Waals surface area contributed by atoms with Crippen LogP contribution in [-0.2, 0) is 9.47 Å². The van der Waals surface area contributed by atoms with E-state index in [0.717, 1.165) is 43.4 Å². The van der Waals surface area contributed by atoms with Gasteiger partial charge in [-0.25, -0.2) is 0 Å². The molecule has 0 amide bonds. The first-order valence-corrected chi connectivity index (χ1v) is 17.1. The first-order chi connectivity index (χ1) is 19.7. The topological polar surface area (TPSA) is 99.4 Å². The van der Waals surface area contributed by atoms with Gasteiger partial charge in [-0.3, -0.25) is 0 Å². The van der Waals surface area contributed by atoms with Gasteiger partial charge < -0.3 is 29.9 Å². The summed E-state index contributed by atoms with van der Waals surface area (Å²) in [5.41, 5.74) is 2.40. The lowest BCUT2D eigenvalue weighted by molar-refractivity contribution is -0.313. The van der Waals surface area contributed by atoms with E-state index in [1.807, 2.05) is 0 Å². The Labute approximate surface area is 255 Å². The molecule has 14 atom stereocenters. The van der Waals surface area contributed by atoms with E-state index in [4.69, 9.17) is 9.47 Å². The standard InChI is InChI=1S/C36H60O6/c1-8-22(34(3,4)5)10-9-21(2)26-13-14-27-25-12-11-23-19-24(15-17-35(23,6)28(25)16-18-36(26,27)7)41-33-32(40)31(39)30(38)29(20-37)42-33/h9-11,21-22,24-33,37-40H,8,12-20H2,1-7H3/b10-9+/t21-,22+,24-,25-,26+,27-,28-,29+,30+,31-,32+,33+,35-,36+/m0/s1. The van der Waals surface area contributed by atoms with Gasteiger partial charge in [-0.1, -0.05) is 72.3 Å². The molecule has 6 heteroatoms. The Bertz CT molecular complexity index is 999. The maximum absolute atomic E-state index is 10.5. The molecule has 0 aromatic carbocycles. The lowest BCUT2D eigenvalue weighted by Gasteiger charge is -2.58. The van der Waals surface area contributed by atoms with Crippen LogP contribution in [0.2, 0.25) is 0 Å². The van der Waals surface area contributed by atoms with E-state index in [2.05, 4.69) is 66.7 Å². The molecule has 1 saturated heterocycles.